The van der Waals surface area contributed by atoms with Crippen LogP contribution < -0.4 is 0 Å². The largest absolute Gasteiger partial charge is 0.452 e. The maximum Gasteiger partial charge on any atom is 0.419 e. The molecule has 0 spiro atoms. The fourth-order valence-corrected chi connectivity index (χ4v) is 6.23. The first-order chi connectivity index (χ1) is 19.2. The second kappa shape index (κ2) is 10.8. The molecular weight excluding hydrogens is 486 g/mol. The van der Waals surface area contributed by atoms with Gasteiger partial charge in [-0.15, -0.1) is 0 Å². The molecule has 5 nitrogen and oxygen atoms in total. The lowest BCUT2D eigenvalue weighted by Crippen LogP contribution is -2.38. The molecule has 39 heavy (non-hydrogen) atoms. The lowest BCUT2D eigenvalue weighted by Gasteiger charge is -2.21. The third-order valence-electron chi connectivity index (χ3n) is 8.04. The molecule has 4 aromatic rings. The highest BCUT2D eigenvalue weighted by molar-refractivity contribution is 5.88. The van der Waals surface area contributed by atoms with Gasteiger partial charge in [0.2, 0.25) is 0 Å². The van der Waals surface area contributed by atoms with Gasteiger partial charge in [0.25, 0.3) is 0 Å². The average Bonchev–Trinajstić information content (AvgIpc) is 3.48. The number of rotatable bonds is 7. The number of carbonyl (C=O) groups is 2. The van der Waals surface area contributed by atoms with Crippen LogP contribution >= 0.6 is 0 Å². The smallest absolute Gasteiger partial charge is 0.419 e. The van der Waals surface area contributed by atoms with Gasteiger partial charge in [-0.3, -0.25) is 0 Å². The van der Waals surface area contributed by atoms with Crippen LogP contribution in [0.4, 0.5) is 9.59 Å². The van der Waals surface area contributed by atoms with E-state index in [9.17, 15) is 9.59 Å². The molecule has 6 rings (SSSR count). The van der Waals surface area contributed by atoms with Crippen LogP contribution in [0.5, 0.6) is 0 Å². The summed E-state index contributed by atoms with van der Waals surface area (Å²) in [6.45, 7) is 0.412. The van der Waals surface area contributed by atoms with Gasteiger partial charge in [-0.25, -0.2) is 14.5 Å². The van der Waals surface area contributed by atoms with Crippen molar-refractivity contribution >= 4 is 12.2 Å². The van der Waals surface area contributed by atoms with Crippen LogP contribution in [0.15, 0.2) is 97.1 Å². The van der Waals surface area contributed by atoms with E-state index in [1.54, 1.807) is 0 Å². The Kier molecular flexibility index (Phi) is 6.89. The van der Waals surface area contributed by atoms with Crippen LogP contribution in [0.25, 0.3) is 22.3 Å². The summed E-state index contributed by atoms with van der Waals surface area (Å²) in [5.41, 5.74) is 9.88. The molecular formula is C34H31NO4. The summed E-state index contributed by atoms with van der Waals surface area (Å²) in [4.78, 5) is 26.7. The number of imide groups is 1. The van der Waals surface area contributed by atoms with E-state index in [4.69, 9.17) is 9.47 Å². The maximum absolute atomic E-state index is 13.1. The summed E-state index contributed by atoms with van der Waals surface area (Å²) >= 11 is 0. The predicted octanol–water partition coefficient (Wildman–Crippen LogP) is 7.99. The average molecular weight is 518 g/mol. The molecule has 0 bridgehead atoms. The van der Waals surface area contributed by atoms with Crippen molar-refractivity contribution in [1.82, 2.24) is 4.90 Å². The first kappa shape index (κ1) is 24.9. The van der Waals surface area contributed by atoms with E-state index in [0.29, 0.717) is 12.3 Å². The highest BCUT2D eigenvalue weighted by Gasteiger charge is 2.31. The molecule has 0 saturated heterocycles. The van der Waals surface area contributed by atoms with Crippen LogP contribution in [0.3, 0.4) is 0 Å². The zero-order valence-electron chi connectivity index (χ0n) is 22.0. The molecule has 0 aromatic heterocycles. The fourth-order valence-electron chi connectivity index (χ4n) is 6.23. The van der Waals surface area contributed by atoms with E-state index in [1.807, 2.05) is 24.3 Å². The van der Waals surface area contributed by atoms with Gasteiger partial charge >= 0.3 is 12.2 Å². The molecule has 0 unspecified atom stereocenters. The summed E-state index contributed by atoms with van der Waals surface area (Å²) in [5, 5.41) is 0. The van der Waals surface area contributed by atoms with E-state index >= 15 is 0 Å². The Hall–Kier alpha value is -4.38. The topological polar surface area (TPSA) is 55.8 Å². The molecule has 0 saturated carbocycles. The van der Waals surface area contributed by atoms with E-state index in [1.165, 1.54) is 29.4 Å². The fraction of sp³-hybridized carbons (Fsp3) is 0.235. The number of hydrogen-bond donors (Lipinski definition) is 0. The molecule has 0 heterocycles. The number of benzene rings is 4. The molecule has 0 aliphatic heterocycles. The van der Waals surface area contributed by atoms with Gasteiger partial charge in [-0.05, 0) is 57.3 Å². The first-order valence-corrected chi connectivity index (χ1v) is 13.6. The number of carbonyl (C=O) groups excluding carboxylic acids is 2. The van der Waals surface area contributed by atoms with Gasteiger partial charge in [-0.1, -0.05) is 103 Å². The number of hydrogen-bond acceptors (Lipinski definition) is 4. The predicted molar refractivity (Wildman–Crippen MR) is 152 cm³/mol. The molecule has 4 aromatic carbocycles. The summed E-state index contributed by atoms with van der Waals surface area (Å²) in [6, 6.07) is 33.5. The molecule has 0 fully saturated rings. The Morgan fingerprint density at radius 1 is 0.615 bits per heavy atom. The van der Waals surface area contributed by atoms with Crippen molar-refractivity contribution in [3.8, 4) is 22.3 Å². The molecule has 5 heteroatoms. The van der Waals surface area contributed by atoms with Crippen LogP contribution in [0.2, 0.25) is 0 Å². The second-order valence-electron chi connectivity index (χ2n) is 10.1. The Labute approximate surface area is 229 Å². The molecule has 0 N–H and O–H groups in total. The molecule has 2 aliphatic carbocycles. The Balaban J connectivity index is 1.09. The van der Waals surface area contributed by atoms with Crippen molar-refractivity contribution in [3.63, 3.8) is 0 Å². The van der Waals surface area contributed by atoms with Crippen molar-refractivity contribution in [2.45, 2.75) is 31.1 Å². The van der Waals surface area contributed by atoms with Crippen molar-refractivity contribution in [1.29, 1.82) is 0 Å². The van der Waals surface area contributed by atoms with Crippen molar-refractivity contribution < 1.29 is 19.1 Å². The maximum atomic E-state index is 13.1. The minimum absolute atomic E-state index is 0.0663. The molecule has 0 atom stereocenters. The Bertz CT molecular complexity index is 1440. The molecule has 0 radical (unpaired) electrons. The number of ether oxygens (including phenoxy) is 2. The second-order valence-corrected chi connectivity index (χ2v) is 10.1. The molecule has 2 amide bonds. The number of fused-ring (bicyclic) bond motifs is 6. The highest BCUT2D eigenvalue weighted by Crippen LogP contribution is 2.47. The van der Waals surface area contributed by atoms with Gasteiger partial charge in [-0.2, -0.15) is 0 Å². The normalized spacial score (nSPS) is 13.3. The van der Waals surface area contributed by atoms with Crippen LogP contribution in [-0.4, -0.2) is 37.3 Å². The number of methoxy groups -OCH3 is 1. The quantitative estimate of drug-likeness (QED) is 0.233. The highest BCUT2D eigenvalue weighted by atomic mass is 16.6. The minimum atomic E-state index is -0.691. The van der Waals surface area contributed by atoms with Gasteiger partial charge in [0, 0.05) is 18.4 Å². The molecule has 2 aliphatic rings. The lowest BCUT2D eigenvalue weighted by atomic mass is 9.91. The van der Waals surface area contributed by atoms with Crippen molar-refractivity contribution in [2.24, 2.45) is 0 Å². The van der Waals surface area contributed by atoms with Gasteiger partial charge in [0.05, 0.1) is 7.11 Å². The monoisotopic (exact) mass is 517 g/mol. The standard InChI is InChI=1S/C34H31NO4/c1-38-33(36)35(21-11-10-20-27-25-14-4-2-12-23(25)24-13-3-5-15-26(24)27)34(37)39-22-32-30-18-8-6-16-28(30)29-17-7-9-19-31(29)32/h2-9,12-19,27,32H,10-11,20-22H2,1H3. The number of unbranched alkanes of at least 4 members (excludes halogenated alkanes) is 1. The molecule has 196 valence electrons. The summed E-state index contributed by atoms with van der Waals surface area (Å²) in [5.74, 6) is 0.252. The third kappa shape index (κ3) is 4.59. The minimum Gasteiger partial charge on any atom is -0.452 e. The zero-order chi connectivity index (χ0) is 26.8. The van der Waals surface area contributed by atoms with E-state index in [0.717, 1.165) is 40.0 Å². The summed E-state index contributed by atoms with van der Waals surface area (Å²) < 4.78 is 10.7. The van der Waals surface area contributed by atoms with Crippen LogP contribution in [0.1, 0.15) is 53.4 Å². The van der Waals surface area contributed by atoms with Crippen LogP contribution in [0, 0.1) is 0 Å². The van der Waals surface area contributed by atoms with Crippen molar-refractivity contribution in [2.75, 3.05) is 20.3 Å². The Morgan fingerprint density at radius 2 is 1.05 bits per heavy atom. The van der Waals surface area contributed by atoms with E-state index < -0.39 is 12.2 Å². The zero-order valence-corrected chi connectivity index (χ0v) is 22.0. The van der Waals surface area contributed by atoms with Crippen LogP contribution in [-0.2, 0) is 9.47 Å². The lowest BCUT2D eigenvalue weighted by molar-refractivity contribution is 0.0839. The summed E-state index contributed by atoms with van der Waals surface area (Å²) in [6.07, 6.45) is 1.11. The van der Waals surface area contributed by atoms with E-state index in [2.05, 4.69) is 72.8 Å². The van der Waals surface area contributed by atoms with E-state index in [-0.39, 0.29) is 19.1 Å². The van der Waals surface area contributed by atoms with Gasteiger partial charge < -0.3 is 9.47 Å². The van der Waals surface area contributed by atoms with Gasteiger partial charge in [0.1, 0.15) is 6.61 Å². The number of nitrogens with zero attached hydrogens (tertiary/aromatic N) is 1. The first-order valence-electron chi connectivity index (χ1n) is 13.6. The summed E-state index contributed by atoms with van der Waals surface area (Å²) in [7, 11) is 1.29. The third-order valence-corrected chi connectivity index (χ3v) is 8.04. The Morgan fingerprint density at radius 3 is 1.51 bits per heavy atom. The van der Waals surface area contributed by atoms with Gasteiger partial charge in [0.15, 0.2) is 0 Å². The van der Waals surface area contributed by atoms with Crippen molar-refractivity contribution in [3.05, 3.63) is 119 Å². The number of amides is 2. The SMILES string of the molecule is COC(=O)N(CCCCC1c2ccccc2-c2ccccc21)C(=O)OCC1c2ccccc2-c2ccccc21.